The van der Waals surface area contributed by atoms with Crippen molar-refractivity contribution >= 4 is 113 Å². The number of Topliss-reactive ketones (excluding diaryl/α,β-unsaturated/α-hetero) is 1. The van der Waals surface area contributed by atoms with Crippen LogP contribution in [0.5, 0.6) is 0 Å². The number of rotatable bonds is 5. The Morgan fingerprint density at radius 3 is 1.41 bits per heavy atom. The molecule has 11 heteroatoms. The summed E-state index contributed by atoms with van der Waals surface area (Å²) >= 11 is 0. The van der Waals surface area contributed by atoms with Gasteiger partial charge in [-0.25, -0.2) is 0 Å². The predicted molar refractivity (Wildman–Crippen MR) is 71.7 cm³/mol. The van der Waals surface area contributed by atoms with E-state index in [1.54, 1.807) is 18.5 Å². The summed E-state index contributed by atoms with van der Waals surface area (Å²) in [6, 6.07) is 0. The minimum atomic E-state index is -1.94. The van der Waals surface area contributed by atoms with Crippen molar-refractivity contribution < 1.29 is 30.3 Å². The number of aliphatic hydroxyl groups excluding tert-OH is 5. The SMILES string of the molecule is O=C(C(O)P)[C@@H](O)[C@H](O)[C@H](O)C(O)P.[Na].[Na].[Na]. The Bertz CT molecular complexity index is 208. The third kappa shape index (κ3) is 10.7. The van der Waals surface area contributed by atoms with Gasteiger partial charge in [-0.2, -0.15) is 0 Å². The zero-order chi connectivity index (χ0) is 11.5. The van der Waals surface area contributed by atoms with Crippen molar-refractivity contribution in [2.24, 2.45) is 0 Å². The van der Waals surface area contributed by atoms with Crippen LogP contribution in [0.25, 0.3) is 0 Å². The van der Waals surface area contributed by atoms with E-state index in [1.807, 2.05) is 0 Å². The third-order valence-corrected chi connectivity index (χ3v) is 2.33. The molecule has 0 aliphatic rings. The molecule has 0 aromatic heterocycles. The second kappa shape index (κ2) is 14.3. The van der Waals surface area contributed by atoms with Crippen LogP contribution in [0.3, 0.4) is 0 Å². The van der Waals surface area contributed by atoms with Crippen molar-refractivity contribution in [1.29, 1.82) is 0 Å². The predicted octanol–water partition coefficient (Wildman–Crippen LogP) is -4.12. The van der Waals surface area contributed by atoms with E-state index in [4.69, 9.17) is 25.5 Å². The quantitative estimate of drug-likeness (QED) is 0.260. The number of aliphatic hydroxyl groups is 5. The first-order chi connectivity index (χ1) is 6.29. The standard InChI is InChI=1S/C6H14O6P2.3Na/c7-1(3(9)5(11)13)2(8)4(10)6(12)14;;;/h1-3,5-9,11-12H,13-14H2;;;/t1-,2-,3-,5?,6?;;;/m0.../s1. The Morgan fingerprint density at radius 1 is 0.824 bits per heavy atom. The molecule has 87 valence electrons. The molecule has 0 amide bonds. The van der Waals surface area contributed by atoms with Crippen LogP contribution in [0.15, 0.2) is 0 Å². The van der Waals surface area contributed by atoms with Gasteiger partial charge in [0.05, 0.1) is 5.85 Å². The van der Waals surface area contributed by atoms with Gasteiger partial charge in [0.15, 0.2) is 5.78 Å². The molecule has 0 rings (SSSR count). The average molecular weight is 313 g/mol. The normalized spacial score (nSPS) is 18.3. The van der Waals surface area contributed by atoms with Gasteiger partial charge in [0.1, 0.15) is 24.2 Å². The molecule has 0 aromatic rings. The Labute approximate surface area is 171 Å². The maximum Gasteiger partial charge on any atom is 0.196 e. The number of hydrogen-bond acceptors (Lipinski definition) is 6. The van der Waals surface area contributed by atoms with Crippen LogP contribution >= 0.6 is 18.5 Å². The van der Waals surface area contributed by atoms with Gasteiger partial charge >= 0.3 is 0 Å². The van der Waals surface area contributed by atoms with Crippen LogP contribution < -0.4 is 0 Å². The molecule has 0 saturated carbocycles. The van der Waals surface area contributed by atoms with Gasteiger partial charge in [-0.15, -0.1) is 9.24 Å². The Hall–Kier alpha value is 3.33. The zero-order valence-corrected chi connectivity index (χ0v) is 18.5. The molecule has 0 aliphatic carbocycles. The molecule has 4 unspecified atom stereocenters. The van der Waals surface area contributed by atoms with E-state index in [9.17, 15) is 4.79 Å². The fraction of sp³-hybridized carbons (Fsp3) is 0.833. The summed E-state index contributed by atoms with van der Waals surface area (Å²) < 4.78 is 0. The minimum absolute atomic E-state index is 0. The first kappa shape index (κ1) is 28.5. The Morgan fingerprint density at radius 2 is 1.18 bits per heavy atom. The summed E-state index contributed by atoms with van der Waals surface area (Å²) in [7, 11) is 3.53. The molecule has 0 heterocycles. The van der Waals surface area contributed by atoms with Crippen LogP contribution in [0, 0.1) is 0 Å². The van der Waals surface area contributed by atoms with Gasteiger partial charge in [-0.05, 0) is 0 Å². The molecule has 6 nitrogen and oxygen atoms in total. The van der Waals surface area contributed by atoms with Crippen LogP contribution in [0.1, 0.15) is 0 Å². The molecule has 0 aromatic carbocycles. The maximum atomic E-state index is 10.9. The largest absolute Gasteiger partial charge is 0.387 e. The van der Waals surface area contributed by atoms with E-state index in [2.05, 4.69) is 0 Å². The summed E-state index contributed by atoms with van der Waals surface area (Å²) in [6.07, 6.45) is -5.46. The number of carbonyl (C=O) groups is 1. The first-order valence-corrected chi connectivity index (χ1v) is 5.07. The van der Waals surface area contributed by atoms with Gasteiger partial charge in [0.2, 0.25) is 0 Å². The van der Waals surface area contributed by atoms with Crippen molar-refractivity contribution in [1.82, 2.24) is 0 Å². The van der Waals surface area contributed by atoms with Gasteiger partial charge in [0, 0.05) is 88.7 Å². The van der Waals surface area contributed by atoms with E-state index in [-0.39, 0.29) is 88.7 Å². The molecule has 0 saturated heterocycles. The summed E-state index contributed by atoms with van der Waals surface area (Å²) in [6.45, 7) is 0. The molecule has 0 spiro atoms. The summed E-state index contributed by atoms with van der Waals surface area (Å²) in [5.74, 6) is -3.94. The van der Waals surface area contributed by atoms with E-state index < -0.39 is 35.8 Å². The van der Waals surface area contributed by atoms with Crippen molar-refractivity contribution in [3.05, 3.63) is 0 Å². The second-order valence-electron chi connectivity index (χ2n) is 2.76. The van der Waals surface area contributed by atoms with Crippen LogP contribution in [-0.4, -0.2) is 150 Å². The van der Waals surface area contributed by atoms with Crippen molar-refractivity contribution in [2.45, 2.75) is 30.0 Å². The fourth-order valence-corrected chi connectivity index (χ4v) is 1.16. The monoisotopic (exact) mass is 313 g/mol. The molecule has 17 heavy (non-hydrogen) atoms. The molecule has 7 atom stereocenters. The van der Waals surface area contributed by atoms with E-state index in [1.165, 1.54) is 0 Å². The molecule has 0 aliphatic heterocycles. The van der Waals surface area contributed by atoms with Gasteiger partial charge in [-0.1, -0.05) is 9.24 Å². The van der Waals surface area contributed by atoms with E-state index >= 15 is 0 Å². The zero-order valence-electron chi connectivity index (χ0n) is 10.2. The van der Waals surface area contributed by atoms with Gasteiger partial charge in [-0.3, -0.25) is 4.79 Å². The van der Waals surface area contributed by atoms with Crippen molar-refractivity contribution in [3.8, 4) is 0 Å². The van der Waals surface area contributed by atoms with Gasteiger partial charge in [0.25, 0.3) is 0 Å². The number of carbonyl (C=O) groups excluding carboxylic acids is 1. The maximum absolute atomic E-state index is 10.9. The summed E-state index contributed by atoms with van der Waals surface area (Å²) in [4.78, 5) is 10.9. The average Bonchev–Trinajstić information content (AvgIpc) is 2.12. The molecule has 5 N–H and O–H groups in total. The van der Waals surface area contributed by atoms with E-state index in [0.717, 1.165) is 0 Å². The van der Waals surface area contributed by atoms with E-state index in [0.29, 0.717) is 0 Å². The molecular formula is C6H14Na3O6P2. The summed E-state index contributed by atoms with van der Waals surface area (Å²) in [5, 5.41) is 44.9. The first-order valence-electron chi connectivity index (χ1n) is 3.74. The molecular weight excluding hydrogens is 299 g/mol. The van der Waals surface area contributed by atoms with Crippen LogP contribution in [-0.2, 0) is 4.79 Å². The molecule has 0 bridgehead atoms. The third-order valence-electron chi connectivity index (χ3n) is 1.61. The smallest absolute Gasteiger partial charge is 0.196 e. The molecule has 0 fully saturated rings. The van der Waals surface area contributed by atoms with Crippen LogP contribution in [0.2, 0.25) is 0 Å². The van der Waals surface area contributed by atoms with Gasteiger partial charge < -0.3 is 25.5 Å². The Kier molecular flexibility index (Phi) is 23.9. The minimum Gasteiger partial charge on any atom is -0.387 e. The second-order valence-corrected chi connectivity index (χ2v) is 4.08. The van der Waals surface area contributed by atoms with Crippen LogP contribution in [0.4, 0.5) is 0 Å². The topological polar surface area (TPSA) is 118 Å². The Balaban J connectivity index is -0.000000282. The fourth-order valence-electron chi connectivity index (χ4n) is 0.732. The number of ketones is 1. The van der Waals surface area contributed by atoms with Crippen molar-refractivity contribution in [3.63, 3.8) is 0 Å². The molecule has 3 radical (unpaired) electrons. The van der Waals surface area contributed by atoms with Crippen molar-refractivity contribution in [2.75, 3.05) is 0 Å². The number of hydrogen-bond donors (Lipinski definition) is 5. The summed E-state index contributed by atoms with van der Waals surface area (Å²) in [5.41, 5.74) is 0.